The number of aromatic nitrogens is 2. The van der Waals surface area contributed by atoms with Gasteiger partial charge in [0.25, 0.3) is 0 Å². The van der Waals surface area contributed by atoms with Crippen LogP contribution in [0.3, 0.4) is 0 Å². The van der Waals surface area contributed by atoms with Gasteiger partial charge in [-0.3, -0.25) is 4.79 Å². The summed E-state index contributed by atoms with van der Waals surface area (Å²) in [7, 11) is 0. The quantitative estimate of drug-likeness (QED) is 0.864. The maximum Gasteiger partial charge on any atom is 0.312 e. The summed E-state index contributed by atoms with van der Waals surface area (Å²) in [5.74, 6) is -1.19. The average Bonchev–Trinajstić information content (AvgIpc) is 2.82. The molecule has 1 aromatic carbocycles. The molecule has 98 valence electrons. The van der Waals surface area contributed by atoms with Crippen molar-refractivity contribution in [2.24, 2.45) is 0 Å². The Hall–Kier alpha value is -2.30. The lowest BCUT2D eigenvalue weighted by atomic mass is 9.88. The minimum absolute atomic E-state index is 0.143. The number of hydrogen-bond acceptors (Lipinski definition) is 3. The molecule has 0 fully saturated rings. The highest BCUT2D eigenvalue weighted by atomic mass is 16.4. The van der Waals surface area contributed by atoms with Gasteiger partial charge in [0.2, 0.25) is 0 Å². The first-order chi connectivity index (χ1) is 9.16. The molecular weight excluding hydrogens is 244 g/mol. The number of carboxylic acids is 1. The standard InChI is InChI=1S/C14H14N2O3/c17-11-5-2-4-10(7-11)16-13-9(8-15-16)3-1-6-12(13)14(18)19/h2,4-5,7-8,12,17H,1,3,6H2,(H,18,19). The minimum atomic E-state index is -0.817. The summed E-state index contributed by atoms with van der Waals surface area (Å²) in [4.78, 5) is 11.4. The van der Waals surface area contributed by atoms with Gasteiger partial charge < -0.3 is 10.2 Å². The molecule has 0 saturated carbocycles. The molecule has 1 heterocycles. The number of fused-ring (bicyclic) bond motifs is 1. The van der Waals surface area contributed by atoms with Crippen LogP contribution in [0, 0.1) is 0 Å². The van der Waals surface area contributed by atoms with Crippen LogP contribution in [0.2, 0.25) is 0 Å². The van der Waals surface area contributed by atoms with Crippen LogP contribution in [0.15, 0.2) is 30.5 Å². The van der Waals surface area contributed by atoms with Crippen LogP contribution >= 0.6 is 0 Å². The Labute approximate surface area is 110 Å². The van der Waals surface area contributed by atoms with E-state index in [2.05, 4.69) is 5.10 Å². The zero-order valence-electron chi connectivity index (χ0n) is 10.3. The minimum Gasteiger partial charge on any atom is -0.508 e. The summed E-state index contributed by atoms with van der Waals surface area (Å²) >= 11 is 0. The number of carbonyl (C=O) groups is 1. The first-order valence-electron chi connectivity index (χ1n) is 6.26. The monoisotopic (exact) mass is 258 g/mol. The highest BCUT2D eigenvalue weighted by Crippen LogP contribution is 2.33. The van der Waals surface area contributed by atoms with E-state index in [9.17, 15) is 15.0 Å². The van der Waals surface area contributed by atoms with E-state index in [0.717, 1.165) is 24.1 Å². The lowest BCUT2D eigenvalue weighted by molar-refractivity contribution is -0.139. The van der Waals surface area contributed by atoms with Crippen molar-refractivity contribution in [3.8, 4) is 11.4 Å². The summed E-state index contributed by atoms with van der Waals surface area (Å²) < 4.78 is 1.63. The Morgan fingerprint density at radius 2 is 2.26 bits per heavy atom. The fraction of sp³-hybridized carbons (Fsp3) is 0.286. The molecule has 0 bridgehead atoms. The van der Waals surface area contributed by atoms with Gasteiger partial charge in [-0.15, -0.1) is 0 Å². The predicted molar refractivity (Wildman–Crippen MR) is 68.5 cm³/mol. The number of phenols is 1. The molecule has 1 unspecified atom stereocenters. The molecule has 5 heteroatoms. The van der Waals surface area contributed by atoms with Crippen LogP contribution in [0.5, 0.6) is 5.75 Å². The van der Waals surface area contributed by atoms with Crippen LogP contribution in [-0.4, -0.2) is 26.0 Å². The van der Waals surface area contributed by atoms with Crippen molar-refractivity contribution < 1.29 is 15.0 Å². The molecule has 0 spiro atoms. The molecule has 1 aliphatic rings. The topological polar surface area (TPSA) is 75.3 Å². The summed E-state index contributed by atoms with van der Waals surface area (Å²) in [6.07, 6.45) is 4.09. The van der Waals surface area contributed by atoms with Gasteiger partial charge in [0.15, 0.2) is 0 Å². The Morgan fingerprint density at radius 1 is 1.42 bits per heavy atom. The van der Waals surface area contributed by atoms with Crippen molar-refractivity contribution in [2.75, 3.05) is 0 Å². The van der Waals surface area contributed by atoms with E-state index in [1.54, 1.807) is 35.1 Å². The molecule has 0 aliphatic heterocycles. The summed E-state index contributed by atoms with van der Waals surface area (Å²) in [6, 6.07) is 6.69. The second kappa shape index (κ2) is 4.42. The Bertz CT molecular complexity index is 633. The van der Waals surface area contributed by atoms with Gasteiger partial charge in [0.05, 0.1) is 23.5 Å². The van der Waals surface area contributed by atoms with Crippen LogP contribution in [0.4, 0.5) is 0 Å². The third-order valence-corrected chi connectivity index (χ3v) is 3.53. The molecule has 0 radical (unpaired) electrons. The lowest BCUT2D eigenvalue weighted by Crippen LogP contribution is -2.20. The first kappa shape index (κ1) is 11.8. The fourth-order valence-corrected chi connectivity index (χ4v) is 2.66. The first-order valence-corrected chi connectivity index (χ1v) is 6.26. The number of hydrogen-bond donors (Lipinski definition) is 2. The zero-order chi connectivity index (χ0) is 13.4. The van der Waals surface area contributed by atoms with Crippen LogP contribution in [0.25, 0.3) is 5.69 Å². The summed E-state index contributed by atoms with van der Waals surface area (Å²) in [6.45, 7) is 0. The second-order valence-corrected chi connectivity index (χ2v) is 4.77. The molecule has 0 amide bonds. The average molecular weight is 258 g/mol. The van der Waals surface area contributed by atoms with E-state index in [4.69, 9.17) is 0 Å². The van der Waals surface area contributed by atoms with Gasteiger partial charge in [0.1, 0.15) is 5.75 Å². The molecule has 1 atom stereocenters. The van der Waals surface area contributed by atoms with Crippen molar-refractivity contribution in [3.05, 3.63) is 41.7 Å². The molecule has 1 aromatic heterocycles. The Balaban J connectivity index is 2.14. The van der Waals surface area contributed by atoms with Crippen molar-refractivity contribution >= 4 is 5.97 Å². The van der Waals surface area contributed by atoms with Gasteiger partial charge in [-0.25, -0.2) is 4.68 Å². The van der Waals surface area contributed by atoms with Gasteiger partial charge in [-0.05, 0) is 37.0 Å². The van der Waals surface area contributed by atoms with E-state index < -0.39 is 11.9 Å². The Kier molecular flexibility index (Phi) is 2.74. The van der Waals surface area contributed by atoms with Gasteiger partial charge >= 0.3 is 5.97 Å². The second-order valence-electron chi connectivity index (χ2n) is 4.77. The number of aryl methyl sites for hydroxylation is 1. The summed E-state index contributed by atoms with van der Waals surface area (Å²) in [5, 5.41) is 23.2. The zero-order valence-corrected chi connectivity index (χ0v) is 10.3. The van der Waals surface area contributed by atoms with Crippen molar-refractivity contribution in [1.82, 2.24) is 9.78 Å². The Morgan fingerprint density at radius 3 is 3.00 bits per heavy atom. The highest BCUT2D eigenvalue weighted by Gasteiger charge is 2.30. The highest BCUT2D eigenvalue weighted by molar-refractivity contribution is 5.76. The predicted octanol–water partition coefficient (Wildman–Crippen LogP) is 2.08. The van der Waals surface area contributed by atoms with E-state index in [0.29, 0.717) is 12.1 Å². The van der Waals surface area contributed by atoms with Crippen LogP contribution in [0.1, 0.15) is 30.0 Å². The molecular formula is C14H14N2O3. The molecule has 0 saturated heterocycles. The third kappa shape index (κ3) is 1.97. The van der Waals surface area contributed by atoms with E-state index in [1.165, 1.54) is 0 Å². The van der Waals surface area contributed by atoms with Crippen molar-refractivity contribution in [3.63, 3.8) is 0 Å². The van der Waals surface area contributed by atoms with E-state index >= 15 is 0 Å². The molecule has 19 heavy (non-hydrogen) atoms. The van der Waals surface area contributed by atoms with E-state index in [-0.39, 0.29) is 5.75 Å². The number of aliphatic carboxylic acids is 1. The number of aromatic hydroxyl groups is 1. The normalized spacial score (nSPS) is 18.0. The van der Waals surface area contributed by atoms with Crippen LogP contribution < -0.4 is 0 Å². The maximum absolute atomic E-state index is 11.4. The largest absolute Gasteiger partial charge is 0.508 e. The third-order valence-electron chi connectivity index (χ3n) is 3.53. The van der Waals surface area contributed by atoms with Crippen molar-refractivity contribution in [2.45, 2.75) is 25.2 Å². The number of benzene rings is 1. The van der Waals surface area contributed by atoms with E-state index in [1.807, 2.05) is 0 Å². The molecule has 2 N–H and O–H groups in total. The fourth-order valence-electron chi connectivity index (χ4n) is 2.66. The lowest BCUT2D eigenvalue weighted by Gasteiger charge is -2.21. The van der Waals surface area contributed by atoms with Crippen LogP contribution in [-0.2, 0) is 11.2 Å². The number of rotatable bonds is 2. The smallest absolute Gasteiger partial charge is 0.312 e. The summed E-state index contributed by atoms with van der Waals surface area (Å²) in [5.41, 5.74) is 2.42. The molecule has 2 aromatic rings. The number of phenolic OH excluding ortho intramolecular Hbond substituents is 1. The number of nitrogens with zero attached hydrogens (tertiary/aromatic N) is 2. The van der Waals surface area contributed by atoms with Gasteiger partial charge in [0, 0.05) is 6.07 Å². The molecule has 5 nitrogen and oxygen atoms in total. The van der Waals surface area contributed by atoms with Gasteiger partial charge in [-0.1, -0.05) is 6.07 Å². The van der Waals surface area contributed by atoms with Crippen molar-refractivity contribution in [1.29, 1.82) is 0 Å². The number of carboxylic acid groups (broad SMARTS) is 1. The molecule has 1 aliphatic carbocycles. The molecule has 3 rings (SSSR count). The maximum atomic E-state index is 11.4. The van der Waals surface area contributed by atoms with Gasteiger partial charge in [-0.2, -0.15) is 5.10 Å². The SMILES string of the molecule is O=C(O)C1CCCc2cnn(-c3cccc(O)c3)c21.